The van der Waals surface area contributed by atoms with Crippen molar-refractivity contribution in [2.75, 3.05) is 26.9 Å². The van der Waals surface area contributed by atoms with Crippen LogP contribution < -0.4 is 5.48 Å². The summed E-state index contributed by atoms with van der Waals surface area (Å²) in [7, 11) is 1.67. The van der Waals surface area contributed by atoms with Gasteiger partial charge in [0, 0.05) is 19.6 Å². The predicted octanol–water partition coefficient (Wildman–Crippen LogP) is 1.49. The first-order valence-corrected chi connectivity index (χ1v) is 5.33. The SMILES string of the molecule is COCCONCC1Cc2ccccc21. The van der Waals surface area contributed by atoms with E-state index in [1.807, 2.05) is 0 Å². The van der Waals surface area contributed by atoms with Crippen molar-refractivity contribution >= 4 is 0 Å². The second-order valence-electron chi connectivity index (χ2n) is 3.79. The maximum absolute atomic E-state index is 5.22. The van der Waals surface area contributed by atoms with Gasteiger partial charge in [0.1, 0.15) is 0 Å². The Balaban J connectivity index is 1.67. The Kier molecular flexibility index (Phi) is 3.72. The van der Waals surface area contributed by atoms with Crippen LogP contribution in [0, 0.1) is 0 Å². The van der Waals surface area contributed by atoms with Crippen molar-refractivity contribution in [3.8, 4) is 0 Å². The zero-order valence-electron chi connectivity index (χ0n) is 9.03. The molecule has 1 aliphatic rings. The van der Waals surface area contributed by atoms with Crippen molar-refractivity contribution < 1.29 is 9.57 Å². The summed E-state index contributed by atoms with van der Waals surface area (Å²) < 4.78 is 4.88. The molecule has 0 amide bonds. The molecule has 3 heteroatoms. The van der Waals surface area contributed by atoms with Gasteiger partial charge in [-0.05, 0) is 17.5 Å². The molecule has 0 bridgehead atoms. The molecular formula is C12H17NO2. The predicted molar refractivity (Wildman–Crippen MR) is 58.7 cm³/mol. The largest absolute Gasteiger partial charge is 0.382 e. The van der Waals surface area contributed by atoms with Gasteiger partial charge in [-0.2, -0.15) is 0 Å². The van der Waals surface area contributed by atoms with E-state index in [4.69, 9.17) is 9.57 Å². The molecule has 0 heterocycles. The normalized spacial score (nSPS) is 18.3. The first kappa shape index (κ1) is 10.6. The minimum absolute atomic E-state index is 0.602. The average Bonchev–Trinajstić information content (AvgIpc) is 2.24. The fraction of sp³-hybridized carbons (Fsp3) is 0.500. The number of rotatable bonds is 6. The summed E-state index contributed by atoms with van der Waals surface area (Å²) in [6.45, 7) is 2.12. The van der Waals surface area contributed by atoms with Crippen molar-refractivity contribution in [3.05, 3.63) is 35.4 Å². The summed E-state index contributed by atoms with van der Waals surface area (Å²) in [4.78, 5) is 5.22. The van der Waals surface area contributed by atoms with Crippen LogP contribution in [0.2, 0.25) is 0 Å². The van der Waals surface area contributed by atoms with Crippen LogP contribution >= 0.6 is 0 Å². The number of ether oxygens (including phenoxy) is 1. The van der Waals surface area contributed by atoms with Gasteiger partial charge in [-0.3, -0.25) is 4.84 Å². The molecule has 0 aliphatic heterocycles. The van der Waals surface area contributed by atoms with E-state index in [1.165, 1.54) is 11.1 Å². The molecule has 0 saturated heterocycles. The molecule has 1 atom stereocenters. The zero-order valence-corrected chi connectivity index (χ0v) is 9.03. The second-order valence-corrected chi connectivity index (χ2v) is 3.79. The average molecular weight is 207 g/mol. The Morgan fingerprint density at radius 3 is 3.00 bits per heavy atom. The van der Waals surface area contributed by atoms with E-state index in [1.54, 1.807) is 7.11 Å². The zero-order chi connectivity index (χ0) is 10.5. The number of nitrogens with one attached hydrogen (secondary N) is 1. The molecule has 2 rings (SSSR count). The van der Waals surface area contributed by atoms with Crippen molar-refractivity contribution in [2.24, 2.45) is 0 Å². The molecule has 0 saturated carbocycles. The molecule has 0 spiro atoms. The van der Waals surface area contributed by atoms with Crippen LogP contribution in [-0.2, 0) is 16.0 Å². The van der Waals surface area contributed by atoms with Crippen LogP contribution in [0.15, 0.2) is 24.3 Å². The summed E-state index contributed by atoms with van der Waals surface area (Å²) in [6, 6.07) is 8.58. The van der Waals surface area contributed by atoms with E-state index in [0.29, 0.717) is 19.1 Å². The topological polar surface area (TPSA) is 30.5 Å². The maximum Gasteiger partial charge on any atom is 0.0915 e. The quantitative estimate of drug-likeness (QED) is 0.566. The smallest absolute Gasteiger partial charge is 0.0915 e. The lowest BCUT2D eigenvalue weighted by Crippen LogP contribution is -2.29. The van der Waals surface area contributed by atoms with Crippen molar-refractivity contribution in [3.63, 3.8) is 0 Å². The van der Waals surface area contributed by atoms with Gasteiger partial charge in [0.05, 0.1) is 13.2 Å². The summed E-state index contributed by atoms with van der Waals surface area (Å²) in [5, 5.41) is 0. The fourth-order valence-electron chi connectivity index (χ4n) is 1.90. The minimum atomic E-state index is 0.602. The van der Waals surface area contributed by atoms with Gasteiger partial charge < -0.3 is 4.74 Å². The molecule has 1 N–H and O–H groups in total. The van der Waals surface area contributed by atoms with Crippen LogP contribution in [0.4, 0.5) is 0 Å². The van der Waals surface area contributed by atoms with Gasteiger partial charge in [-0.25, -0.2) is 5.48 Å². The van der Waals surface area contributed by atoms with Gasteiger partial charge in [0.2, 0.25) is 0 Å². The number of benzene rings is 1. The van der Waals surface area contributed by atoms with Crippen molar-refractivity contribution in [2.45, 2.75) is 12.3 Å². The van der Waals surface area contributed by atoms with E-state index < -0.39 is 0 Å². The Morgan fingerprint density at radius 1 is 1.33 bits per heavy atom. The van der Waals surface area contributed by atoms with E-state index in [2.05, 4.69) is 29.7 Å². The highest BCUT2D eigenvalue weighted by atomic mass is 16.7. The molecule has 15 heavy (non-hydrogen) atoms. The van der Waals surface area contributed by atoms with Crippen molar-refractivity contribution in [1.82, 2.24) is 5.48 Å². The number of hydrogen-bond acceptors (Lipinski definition) is 3. The Labute approximate surface area is 90.3 Å². The standard InChI is InChI=1S/C12H17NO2/c1-14-6-7-15-13-9-11-8-10-4-2-3-5-12(10)11/h2-5,11,13H,6-9H2,1H3. The van der Waals surface area contributed by atoms with Gasteiger partial charge >= 0.3 is 0 Å². The molecule has 0 aromatic heterocycles. The first-order chi connectivity index (χ1) is 7.42. The summed E-state index contributed by atoms with van der Waals surface area (Å²) in [6.07, 6.45) is 1.16. The number of hydrogen-bond donors (Lipinski definition) is 1. The van der Waals surface area contributed by atoms with Gasteiger partial charge in [-0.1, -0.05) is 24.3 Å². The number of fused-ring (bicyclic) bond motifs is 1. The molecule has 1 unspecified atom stereocenters. The molecule has 1 aromatic carbocycles. The highest BCUT2D eigenvalue weighted by molar-refractivity contribution is 5.39. The molecule has 1 aliphatic carbocycles. The van der Waals surface area contributed by atoms with E-state index in [0.717, 1.165) is 13.0 Å². The monoisotopic (exact) mass is 207 g/mol. The fourth-order valence-corrected chi connectivity index (χ4v) is 1.90. The Morgan fingerprint density at radius 2 is 2.20 bits per heavy atom. The van der Waals surface area contributed by atoms with Crippen LogP contribution in [0.25, 0.3) is 0 Å². The van der Waals surface area contributed by atoms with Crippen LogP contribution in [0.1, 0.15) is 17.0 Å². The maximum atomic E-state index is 5.22. The molecular weight excluding hydrogens is 190 g/mol. The van der Waals surface area contributed by atoms with Gasteiger partial charge in [0.15, 0.2) is 0 Å². The van der Waals surface area contributed by atoms with Crippen LogP contribution in [0.3, 0.4) is 0 Å². The Bertz CT molecular complexity index is 314. The second kappa shape index (κ2) is 5.26. The third kappa shape index (κ3) is 2.56. The van der Waals surface area contributed by atoms with Gasteiger partial charge in [0.25, 0.3) is 0 Å². The van der Waals surface area contributed by atoms with Crippen LogP contribution in [-0.4, -0.2) is 26.9 Å². The summed E-state index contributed by atoms with van der Waals surface area (Å²) in [5.74, 6) is 0.615. The highest BCUT2D eigenvalue weighted by Gasteiger charge is 2.24. The van der Waals surface area contributed by atoms with E-state index in [-0.39, 0.29) is 0 Å². The third-order valence-electron chi connectivity index (χ3n) is 2.78. The lowest BCUT2D eigenvalue weighted by molar-refractivity contribution is 0.00371. The highest BCUT2D eigenvalue weighted by Crippen LogP contribution is 2.33. The summed E-state index contributed by atoms with van der Waals surface area (Å²) in [5.41, 5.74) is 5.92. The van der Waals surface area contributed by atoms with Gasteiger partial charge in [-0.15, -0.1) is 0 Å². The number of hydroxylamine groups is 1. The van der Waals surface area contributed by atoms with E-state index >= 15 is 0 Å². The van der Waals surface area contributed by atoms with Crippen LogP contribution in [0.5, 0.6) is 0 Å². The molecule has 0 radical (unpaired) electrons. The molecule has 3 nitrogen and oxygen atoms in total. The lowest BCUT2D eigenvalue weighted by atomic mass is 9.78. The number of methoxy groups -OCH3 is 1. The molecule has 1 aromatic rings. The van der Waals surface area contributed by atoms with E-state index in [9.17, 15) is 0 Å². The van der Waals surface area contributed by atoms with Crippen molar-refractivity contribution in [1.29, 1.82) is 0 Å². The third-order valence-corrected chi connectivity index (χ3v) is 2.78. The Hall–Kier alpha value is -0.900. The molecule has 82 valence electrons. The lowest BCUT2D eigenvalue weighted by Gasteiger charge is -2.29. The molecule has 0 fully saturated rings. The minimum Gasteiger partial charge on any atom is -0.382 e. The first-order valence-electron chi connectivity index (χ1n) is 5.33. The summed E-state index contributed by atoms with van der Waals surface area (Å²) >= 11 is 0.